The topological polar surface area (TPSA) is 80.6 Å². The van der Waals surface area contributed by atoms with Crippen molar-refractivity contribution in [3.05, 3.63) is 0 Å². The Morgan fingerprint density at radius 3 is 1.67 bits per heavy atom. The molecule has 6 heavy (non-hydrogen) atoms. The average Bonchev–Trinajstić information content (AvgIpc) is 0.722. The Bertz CT molecular complexity index is 57.8. The molecule has 0 saturated heterocycles. The van der Waals surface area contributed by atoms with Gasteiger partial charge in [0.25, 0.3) is 7.82 Å². The van der Waals surface area contributed by atoms with E-state index in [9.17, 15) is 0 Å². The Labute approximate surface area is 78.7 Å². The third-order valence-corrected chi connectivity index (χ3v) is 0. The molecule has 34 valence electrons. The Morgan fingerprint density at radius 1 is 1.67 bits per heavy atom. The first-order chi connectivity index (χ1) is 2.00. The molecule has 0 aromatic carbocycles. The van der Waals surface area contributed by atoms with Gasteiger partial charge in [-0.2, -0.15) is 0 Å². The summed E-state index contributed by atoms with van der Waals surface area (Å²) in [6.45, 7) is 0. The van der Waals surface area contributed by atoms with E-state index in [0.717, 1.165) is 0 Å². The van der Waals surface area contributed by atoms with Crippen molar-refractivity contribution in [2.24, 2.45) is 0 Å². The van der Waals surface area contributed by atoms with Crippen molar-refractivity contribution in [1.29, 1.82) is 0 Å². The van der Waals surface area contributed by atoms with Crippen LogP contribution in [-0.4, -0.2) is 9.79 Å². The van der Waals surface area contributed by atoms with E-state index in [2.05, 4.69) is 0 Å². The summed E-state index contributed by atoms with van der Waals surface area (Å²) in [6.07, 6.45) is 0. The van der Waals surface area contributed by atoms with Crippen LogP contribution < -0.4 is 56.3 Å². The van der Waals surface area contributed by atoms with E-state index in [1.165, 1.54) is 0 Å². The summed E-state index contributed by atoms with van der Waals surface area (Å²) < 4.78 is 8.77. The maximum absolute atomic E-state index is 8.77. The first kappa shape index (κ1) is 10.7. The molecule has 0 aliphatic rings. The van der Waals surface area contributed by atoms with E-state index in [1.807, 2.05) is 0 Å². The number of hydrogen-bond donors (Lipinski definition) is 2. The van der Waals surface area contributed by atoms with Gasteiger partial charge in [-0.05, 0) is 0 Å². The molecule has 0 aromatic rings. The summed E-state index contributed by atoms with van der Waals surface area (Å²) in [7, 11) is -4.89. The van der Waals surface area contributed by atoms with Crippen molar-refractivity contribution >= 4 is 7.82 Å². The van der Waals surface area contributed by atoms with Gasteiger partial charge in [-0.3, -0.25) is 4.57 Å². The number of hydrogen-bond acceptors (Lipinski definition) is 2. The zero-order valence-electron chi connectivity index (χ0n) is 3.16. The summed E-state index contributed by atoms with van der Waals surface area (Å²) in [5.41, 5.74) is 0. The van der Waals surface area contributed by atoms with Crippen LogP contribution in [0.2, 0.25) is 0 Å². The second-order valence-electron chi connectivity index (χ2n) is 0.491. The summed E-state index contributed by atoms with van der Waals surface area (Å²) in [4.78, 5) is 22.9. The molecule has 0 amide bonds. The molecule has 2 N–H and O–H groups in total. The predicted molar refractivity (Wildman–Crippen MR) is 14.2 cm³/mol. The van der Waals surface area contributed by atoms with Crippen LogP contribution in [-0.2, 0) is 4.57 Å². The Hall–Kier alpha value is 1.75. The van der Waals surface area contributed by atoms with Gasteiger partial charge in [-0.25, -0.2) is 0 Å². The molecule has 0 heterocycles. The Kier molecular flexibility index (Phi) is 6.61. The van der Waals surface area contributed by atoms with Crippen LogP contribution in [0.3, 0.4) is 0 Å². The second kappa shape index (κ2) is 3.71. The van der Waals surface area contributed by atoms with Crippen molar-refractivity contribution in [1.82, 2.24) is 0 Å². The normalized spacial score (nSPS) is 9.83. The van der Waals surface area contributed by atoms with Crippen LogP contribution in [0.15, 0.2) is 0 Å². The smallest absolute Gasteiger partial charge is 0.756 e. The zero-order chi connectivity index (χ0) is 4.50. The molecule has 0 aliphatic carbocycles. The quantitative estimate of drug-likeness (QED) is 0.262. The molecular weight excluding hydrogens is 134 g/mol. The molecule has 0 atom stereocenters. The first-order valence-corrected chi connectivity index (χ1v) is 2.30. The molecule has 0 bridgehead atoms. The van der Waals surface area contributed by atoms with E-state index < -0.39 is 7.82 Å². The van der Waals surface area contributed by atoms with Gasteiger partial charge >= 0.3 is 51.4 Å². The third-order valence-electron chi connectivity index (χ3n) is 0. The Balaban J connectivity index is -0.0000000800. The van der Waals surface area contributed by atoms with E-state index in [4.69, 9.17) is 19.2 Å². The van der Waals surface area contributed by atoms with Crippen LogP contribution >= 0.6 is 7.82 Å². The molecule has 0 aliphatic heterocycles. The maximum Gasteiger partial charge on any atom is 1.00 e. The van der Waals surface area contributed by atoms with Crippen molar-refractivity contribution in [2.75, 3.05) is 0 Å². The Morgan fingerprint density at radius 2 is 1.67 bits per heavy atom. The van der Waals surface area contributed by atoms with Crippen LogP contribution in [0.4, 0.5) is 0 Å². The van der Waals surface area contributed by atoms with Gasteiger partial charge in [0.1, 0.15) is 0 Å². The van der Waals surface area contributed by atoms with Gasteiger partial charge in [0, 0.05) is 1.43 Å². The average molecular weight is 138 g/mol. The van der Waals surface area contributed by atoms with Gasteiger partial charge in [0.15, 0.2) is 0 Å². The molecule has 0 fully saturated rings. The van der Waals surface area contributed by atoms with Gasteiger partial charge < -0.3 is 14.7 Å². The molecule has 0 spiro atoms. The minimum absolute atomic E-state index is 0. The van der Waals surface area contributed by atoms with Crippen LogP contribution in [0.25, 0.3) is 0 Å². The van der Waals surface area contributed by atoms with Crippen molar-refractivity contribution in [3.8, 4) is 0 Å². The van der Waals surface area contributed by atoms with Crippen LogP contribution in [0, 0.1) is 0 Å². The maximum atomic E-state index is 8.77. The largest absolute Gasteiger partial charge is 1.00 e. The van der Waals surface area contributed by atoms with Crippen LogP contribution in [0.5, 0.6) is 0 Å². The van der Waals surface area contributed by atoms with E-state index in [0.29, 0.717) is 0 Å². The summed E-state index contributed by atoms with van der Waals surface area (Å²) in [6, 6.07) is 0. The summed E-state index contributed by atoms with van der Waals surface area (Å²) >= 11 is 0. The molecule has 4 nitrogen and oxygen atoms in total. The fraction of sp³-hybridized carbons (Fsp3) is 0. The minimum Gasteiger partial charge on any atom is -0.756 e. The number of rotatable bonds is 0. The fourth-order valence-corrected chi connectivity index (χ4v) is 0. The molecule has 0 rings (SSSR count). The number of phosphoric acid groups is 1. The summed E-state index contributed by atoms with van der Waals surface area (Å²) in [5, 5.41) is 0. The zero-order valence-corrected chi connectivity index (χ0v) is 7.18. The molecular formula is H4KO4P. The van der Waals surface area contributed by atoms with Crippen LogP contribution in [0.1, 0.15) is 1.43 Å². The molecule has 0 saturated carbocycles. The first-order valence-electron chi connectivity index (χ1n) is 0.765. The molecule has 0 unspecified atom stereocenters. The van der Waals surface area contributed by atoms with E-state index >= 15 is 0 Å². The SMILES string of the molecule is O=P([O-])(O)O.[HH].[K+]. The van der Waals surface area contributed by atoms with Crippen molar-refractivity contribution in [3.63, 3.8) is 0 Å². The fourth-order valence-electron chi connectivity index (χ4n) is 0. The van der Waals surface area contributed by atoms with E-state index in [-0.39, 0.29) is 52.8 Å². The molecule has 0 radical (unpaired) electrons. The van der Waals surface area contributed by atoms with Gasteiger partial charge in [-0.1, -0.05) is 0 Å². The standard InChI is InChI=1S/K.H3O4P.H2/c;1-5(2,3)4;/h;(H3,1,2,3,4);1H/q+1;;/p-1. The van der Waals surface area contributed by atoms with Gasteiger partial charge in [-0.15, -0.1) is 0 Å². The van der Waals surface area contributed by atoms with Gasteiger partial charge in [0.2, 0.25) is 0 Å². The summed E-state index contributed by atoms with van der Waals surface area (Å²) in [5.74, 6) is 0. The second-order valence-corrected chi connectivity index (χ2v) is 1.47. The van der Waals surface area contributed by atoms with E-state index in [1.54, 1.807) is 0 Å². The van der Waals surface area contributed by atoms with Crippen molar-refractivity contribution in [2.45, 2.75) is 0 Å². The minimum atomic E-state index is -4.89. The molecule has 6 heteroatoms. The van der Waals surface area contributed by atoms with Crippen molar-refractivity contribution < 1.29 is 72.1 Å². The third kappa shape index (κ3) is 42.4. The van der Waals surface area contributed by atoms with Gasteiger partial charge in [0.05, 0.1) is 0 Å². The monoisotopic (exact) mass is 138 g/mol. The molecule has 0 aromatic heterocycles. The predicted octanol–water partition coefficient (Wildman–Crippen LogP) is -4.31.